The van der Waals surface area contributed by atoms with E-state index >= 15 is 0 Å². The minimum atomic E-state index is -0.894. The van der Waals surface area contributed by atoms with Crippen LogP contribution in [-0.2, 0) is 4.79 Å². The van der Waals surface area contributed by atoms with Gasteiger partial charge in [0.15, 0.2) is 0 Å². The van der Waals surface area contributed by atoms with Crippen molar-refractivity contribution in [1.29, 1.82) is 0 Å². The third kappa shape index (κ3) is 2.65. The Balaban J connectivity index is 2.75. The maximum absolute atomic E-state index is 11.7. The molecular weight excluding hydrogens is 208 g/mol. The third-order valence-electron chi connectivity index (χ3n) is 3.08. The summed E-state index contributed by atoms with van der Waals surface area (Å²) < 4.78 is 0. The van der Waals surface area contributed by atoms with Crippen molar-refractivity contribution >= 4 is 12.0 Å². The SMILES string of the molecule is CCC(=O)N1CCN(C(=O)O)C[C@@H]1C(C)C. The average Bonchev–Trinajstić information content (AvgIpc) is 2.26. The van der Waals surface area contributed by atoms with Crippen molar-refractivity contribution in [2.45, 2.75) is 33.2 Å². The quantitative estimate of drug-likeness (QED) is 0.773. The standard InChI is InChI=1S/C11H20N2O3/c1-4-10(14)13-6-5-12(11(15)16)7-9(13)8(2)3/h8-9H,4-7H2,1-3H3,(H,15,16)/t9-/m1/s1. The molecule has 1 aliphatic rings. The second-order valence-electron chi connectivity index (χ2n) is 4.48. The van der Waals surface area contributed by atoms with Gasteiger partial charge in [-0.15, -0.1) is 0 Å². The molecule has 1 aliphatic heterocycles. The summed E-state index contributed by atoms with van der Waals surface area (Å²) >= 11 is 0. The first kappa shape index (κ1) is 12.8. The van der Waals surface area contributed by atoms with Crippen LogP contribution in [0.4, 0.5) is 4.79 Å². The van der Waals surface area contributed by atoms with Crippen molar-refractivity contribution in [3.05, 3.63) is 0 Å². The molecule has 1 saturated heterocycles. The summed E-state index contributed by atoms with van der Waals surface area (Å²) in [5.74, 6) is 0.390. The molecule has 0 unspecified atom stereocenters. The van der Waals surface area contributed by atoms with Crippen LogP contribution >= 0.6 is 0 Å². The van der Waals surface area contributed by atoms with E-state index in [2.05, 4.69) is 0 Å². The number of nitrogens with zero attached hydrogens (tertiary/aromatic N) is 2. The van der Waals surface area contributed by atoms with E-state index in [1.54, 1.807) is 0 Å². The van der Waals surface area contributed by atoms with Gasteiger partial charge in [0.1, 0.15) is 0 Å². The van der Waals surface area contributed by atoms with Crippen molar-refractivity contribution in [2.75, 3.05) is 19.6 Å². The minimum Gasteiger partial charge on any atom is -0.465 e. The summed E-state index contributed by atoms with van der Waals surface area (Å²) in [6, 6.07) is 0.0114. The van der Waals surface area contributed by atoms with E-state index in [1.807, 2.05) is 25.7 Å². The minimum absolute atomic E-state index is 0.0114. The van der Waals surface area contributed by atoms with E-state index in [0.29, 0.717) is 26.1 Å². The Morgan fingerprint density at radius 2 is 2.00 bits per heavy atom. The molecule has 1 heterocycles. The number of rotatable bonds is 2. The van der Waals surface area contributed by atoms with Crippen molar-refractivity contribution in [3.8, 4) is 0 Å². The van der Waals surface area contributed by atoms with Gasteiger partial charge in [0.25, 0.3) is 0 Å². The molecule has 0 aromatic carbocycles. The molecule has 92 valence electrons. The Morgan fingerprint density at radius 3 is 2.44 bits per heavy atom. The molecule has 1 N–H and O–H groups in total. The first-order valence-corrected chi connectivity index (χ1v) is 5.74. The van der Waals surface area contributed by atoms with E-state index in [1.165, 1.54) is 4.90 Å². The molecular formula is C11H20N2O3. The van der Waals surface area contributed by atoms with Crippen LogP contribution < -0.4 is 0 Å². The number of carboxylic acid groups (broad SMARTS) is 1. The summed E-state index contributed by atoms with van der Waals surface area (Å²) in [6.07, 6.45) is -0.412. The first-order chi connectivity index (χ1) is 7.47. The van der Waals surface area contributed by atoms with E-state index in [-0.39, 0.29) is 17.9 Å². The maximum atomic E-state index is 11.7. The largest absolute Gasteiger partial charge is 0.465 e. The second kappa shape index (κ2) is 5.18. The Hall–Kier alpha value is -1.26. The van der Waals surface area contributed by atoms with Gasteiger partial charge in [-0.3, -0.25) is 4.79 Å². The lowest BCUT2D eigenvalue weighted by atomic mass is 9.99. The lowest BCUT2D eigenvalue weighted by Crippen LogP contribution is -2.58. The van der Waals surface area contributed by atoms with Crippen LogP contribution in [0, 0.1) is 5.92 Å². The van der Waals surface area contributed by atoms with Gasteiger partial charge in [0.2, 0.25) is 5.91 Å². The molecule has 0 bridgehead atoms. The predicted octanol–water partition coefficient (Wildman–Crippen LogP) is 1.24. The number of amides is 2. The molecule has 2 amide bonds. The molecule has 1 rings (SSSR count). The molecule has 5 heteroatoms. The van der Waals surface area contributed by atoms with Gasteiger partial charge < -0.3 is 14.9 Å². The van der Waals surface area contributed by atoms with Gasteiger partial charge in [-0.2, -0.15) is 0 Å². The number of hydrogen-bond acceptors (Lipinski definition) is 2. The molecule has 16 heavy (non-hydrogen) atoms. The third-order valence-corrected chi connectivity index (χ3v) is 3.08. The topological polar surface area (TPSA) is 60.9 Å². The zero-order chi connectivity index (χ0) is 12.3. The molecule has 0 aliphatic carbocycles. The zero-order valence-electron chi connectivity index (χ0n) is 10.1. The van der Waals surface area contributed by atoms with Gasteiger partial charge in [0, 0.05) is 26.1 Å². The summed E-state index contributed by atoms with van der Waals surface area (Å²) in [6.45, 7) is 7.24. The highest BCUT2D eigenvalue weighted by Gasteiger charge is 2.33. The molecule has 0 saturated carbocycles. The molecule has 1 atom stereocenters. The van der Waals surface area contributed by atoms with Crippen LogP contribution in [0.3, 0.4) is 0 Å². The van der Waals surface area contributed by atoms with Crippen molar-refractivity contribution in [3.63, 3.8) is 0 Å². The van der Waals surface area contributed by atoms with Crippen LogP contribution in [0.2, 0.25) is 0 Å². The molecule has 0 aromatic rings. The number of piperazine rings is 1. The van der Waals surface area contributed by atoms with Crippen LogP contribution in [0.25, 0.3) is 0 Å². The van der Waals surface area contributed by atoms with Crippen LogP contribution in [0.5, 0.6) is 0 Å². The Kier molecular flexibility index (Phi) is 4.15. The smallest absolute Gasteiger partial charge is 0.407 e. The molecule has 5 nitrogen and oxygen atoms in total. The number of hydrogen-bond donors (Lipinski definition) is 1. The monoisotopic (exact) mass is 228 g/mol. The summed E-state index contributed by atoms with van der Waals surface area (Å²) in [7, 11) is 0. The molecule has 0 spiro atoms. The van der Waals surface area contributed by atoms with Crippen LogP contribution in [-0.4, -0.2) is 52.6 Å². The van der Waals surface area contributed by atoms with Crippen LogP contribution in [0.1, 0.15) is 27.2 Å². The van der Waals surface area contributed by atoms with E-state index in [0.717, 1.165) is 0 Å². The Bertz CT molecular complexity index is 278. The van der Waals surface area contributed by atoms with E-state index in [4.69, 9.17) is 5.11 Å². The molecule has 1 fully saturated rings. The van der Waals surface area contributed by atoms with Gasteiger partial charge in [-0.1, -0.05) is 20.8 Å². The average molecular weight is 228 g/mol. The molecule has 0 aromatic heterocycles. The second-order valence-corrected chi connectivity index (χ2v) is 4.48. The fourth-order valence-corrected chi connectivity index (χ4v) is 2.07. The highest BCUT2D eigenvalue weighted by molar-refractivity contribution is 5.76. The lowest BCUT2D eigenvalue weighted by Gasteiger charge is -2.42. The van der Waals surface area contributed by atoms with Crippen molar-refractivity contribution < 1.29 is 14.7 Å². The van der Waals surface area contributed by atoms with Gasteiger partial charge in [0.05, 0.1) is 6.04 Å². The summed E-state index contributed by atoms with van der Waals surface area (Å²) in [4.78, 5) is 25.8. The summed E-state index contributed by atoms with van der Waals surface area (Å²) in [5, 5.41) is 8.94. The highest BCUT2D eigenvalue weighted by atomic mass is 16.4. The van der Waals surface area contributed by atoms with E-state index in [9.17, 15) is 9.59 Å². The van der Waals surface area contributed by atoms with Crippen molar-refractivity contribution in [1.82, 2.24) is 9.80 Å². The normalized spacial score (nSPS) is 21.4. The Morgan fingerprint density at radius 1 is 1.38 bits per heavy atom. The maximum Gasteiger partial charge on any atom is 0.407 e. The Labute approximate surface area is 96.0 Å². The van der Waals surface area contributed by atoms with Crippen molar-refractivity contribution in [2.24, 2.45) is 5.92 Å². The first-order valence-electron chi connectivity index (χ1n) is 5.74. The zero-order valence-corrected chi connectivity index (χ0v) is 10.1. The lowest BCUT2D eigenvalue weighted by molar-refractivity contribution is -0.136. The van der Waals surface area contributed by atoms with Gasteiger partial charge in [-0.25, -0.2) is 4.79 Å². The number of carbonyl (C=O) groups is 2. The van der Waals surface area contributed by atoms with E-state index < -0.39 is 6.09 Å². The van der Waals surface area contributed by atoms with Gasteiger partial charge >= 0.3 is 6.09 Å². The fraction of sp³-hybridized carbons (Fsp3) is 0.818. The molecule has 0 radical (unpaired) electrons. The predicted molar refractivity (Wildman–Crippen MR) is 60.2 cm³/mol. The fourth-order valence-electron chi connectivity index (χ4n) is 2.07. The van der Waals surface area contributed by atoms with Gasteiger partial charge in [-0.05, 0) is 5.92 Å². The van der Waals surface area contributed by atoms with Crippen LogP contribution in [0.15, 0.2) is 0 Å². The number of carbonyl (C=O) groups excluding carboxylic acids is 1. The summed E-state index contributed by atoms with van der Waals surface area (Å²) in [5.41, 5.74) is 0. The highest BCUT2D eigenvalue weighted by Crippen LogP contribution is 2.18.